The van der Waals surface area contributed by atoms with Gasteiger partial charge in [0.1, 0.15) is 17.3 Å². The predicted octanol–water partition coefficient (Wildman–Crippen LogP) is 4.33. The molecule has 2 aromatic rings. The van der Waals surface area contributed by atoms with E-state index >= 15 is 0 Å². The highest BCUT2D eigenvalue weighted by Gasteiger charge is 2.15. The molecule has 2 rings (SSSR count). The molecule has 1 amide bonds. The van der Waals surface area contributed by atoms with Crippen LogP contribution in [0.2, 0.25) is 0 Å². The fourth-order valence-electron chi connectivity index (χ4n) is 1.90. The largest absolute Gasteiger partial charge is 0.383 e. The molecule has 0 aliphatic carbocycles. The molecular weight excluding hydrogens is 342 g/mol. The van der Waals surface area contributed by atoms with Gasteiger partial charge in [0.25, 0.3) is 5.91 Å². The van der Waals surface area contributed by atoms with Gasteiger partial charge in [0.15, 0.2) is 0 Å². The highest BCUT2D eigenvalue weighted by Crippen LogP contribution is 2.23. The van der Waals surface area contributed by atoms with Crippen molar-refractivity contribution in [1.29, 1.82) is 0 Å². The number of anilines is 2. The number of nitrogens with one attached hydrogen (secondary N) is 2. The van der Waals surface area contributed by atoms with Gasteiger partial charge in [0.05, 0.1) is 0 Å². The molecule has 110 valence electrons. The van der Waals surface area contributed by atoms with Crippen LogP contribution in [-0.2, 0) is 0 Å². The number of rotatable bonds is 3. The molecule has 0 aliphatic rings. The second-order valence-corrected chi connectivity index (χ2v) is 5.39. The molecule has 0 heterocycles. The average molecular weight is 355 g/mol. The molecule has 0 spiro atoms. The number of hydrogen-bond donors (Lipinski definition) is 2. The van der Waals surface area contributed by atoms with Crippen molar-refractivity contribution in [2.75, 3.05) is 17.7 Å². The zero-order valence-electron chi connectivity index (χ0n) is 11.4. The van der Waals surface area contributed by atoms with E-state index in [4.69, 9.17) is 0 Å². The quantitative estimate of drug-likeness (QED) is 0.861. The summed E-state index contributed by atoms with van der Waals surface area (Å²) in [6.07, 6.45) is 0. The molecule has 2 N–H and O–H groups in total. The Kier molecular flexibility index (Phi) is 4.57. The summed E-state index contributed by atoms with van der Waals surface area (Å²) in [7, 11) is 1.41. The third kappa shape index (κ3) is 3.39. The molecule has 6 heteroatoms. The van der Waals surface area contributed by atoms with Gasteiger partial charge in [-0.15, -0.1) is 0 Å². The Labute approximate surface area is 129 Å². The smallest absolute Gasteiger partial charge is 0.255 e. The second-order valence-electron chi connectivity index (χ2n) is 4.48. The van der Waals surface area contributed by atoms with Gasteiger partial charge in [-0.25, -0.2) is 8.78 Å². The number of aryl methyl sites for hydroxylation is 1. The van der Waals surface area contributed by atoms with Crippen LogP contribution in [0.1, 0.15) is 15.9 Å². The van der Waals surface area contributed by atoms with Crippen LogP contribution in [0.4, 0.5) is 20.2 Å². The SMILES string of the molecule is CNc1c(F)cc(C(=O)Nc2ccc(Br)cc2C)cc1F. The van der Waals surface area contributed by atoms with Crippen molar-refractivity contribution < 1.29 is 13.6 Å². The first kappa shape index (κ1) is 15.4. The standard InChI is InChI=1S/C15H13BrF2N2O/c1-8-5-10(16)3-4-13(8)20-15(21)9-6-11(17)14(19-2)12(18)7-9/h3-7,19H,1-2H3,(H,20,21). The van der Waals surface area contributed by atoms with Crippen molar-refractivity contribution >= 4 is 33.2 Å². The summed E-state index contributed by atoms with van der Waals surface area (Å²) in [6.45, 7) is 1.83. The van der Waals surface area contributed by atoms with E-state index in [2.05, 4.69) is 26.6 Å². The molecule has 0 saturated carbocycles. The van der Waals surface area contributed by atoms with E-state index in [-0.39, 0.29) is 11.3 Å². The predicted molar refractivity (Wildman–Crippen MR) is 82.7 cm³/mol. The molecule has 0 saturated heterocycles. The Bertz CT molecular complexity index is 681. The maximum atomic E-state index is 13.7. The Balaban J connectivity index is 2.28. The molecule has 0 atom stereocenters. The second kappa shape index (κ2) is 6.22. The fourth-order valence-corrected chi connectivity index (χ4v) is 2.38. The van der Waals surface area contributed by atoms with Gasteiger partial charge in [0.2, 0.25) is 0 Å². The number of carbonyl (C=O) groups is 1. The molecule has 0 bridgehead atoms. The molecule has 0 unspecified atom stereocenters. The van der Waals surface area contributed by atoms with Crippen LogP contribution in [-0.4, -0.2) is 13.0 Å². The van der Waals surface area contributed by atoms with Crippen molar-refractivity contribution in [3.05, 3.63) is 57.6 Å². The Morgan fingerprint density at radius 2 is 1.76 bits per heavy atom. The number of carbonyl (C=O) groups excluding carboxylic acids is 1. The number of amides is 1. The van der Waals surface area contributed by atoms with Gasteiger partial charge in [0, 0.05) is 22.8 Å². The lowest BCUT2D eigenvalue weighted by atomic mass is 10.1. The number of hydrogen-bond acceptors (Lipinski definition) is 2. The Morgan fingerprint density at radius 1 is 1.14 bits per heavy atom. The lowest BCUT2D eigenvalue weighted by Gasteiger charge is -2.10. The van der Waals surface area contributed by atoms with Crippen LogP contribution in [0.3, 0.4) is 0 Å². The van der Waals surface area contributed by atoms with E-state index in [0.717, 1.165) is 22.2 Å². The topological polar surface area (TPSA) is 41.1 Å². The first-order valence-corrected chi connectivity index (χ1v) is 6.96. The monoisotopic (exact) mass is 354 g/mol. The maximum Gasteiger partial charge on any atom is 0.255 e. The van der Waals surface area contributed by atoms with Crippen LogP contribution in [0.25, 0.3) is 0 Å². The minimum atomic E-state index is -0.810. The third-order valence-corrected chi connectivity index (χ3v) is 3.48. The molecular formula is C15H13BrF2N2O. The molecule has 21 heavy (non-hydrogen) atoms. The van der Waals surface area contributed by atoms with E-state index in [1.165, 1.54) is 7.05 Å². The van der Waals surface area contributed by atoms with Crippen molar-refractivity contribution in [1.82, 2.24) is 0 Å². The molecule has 0 aromatic heterocycles. The van der Waals surface area contributed by atoms with Crippen LogP contribution >= 0.6 is 15.9 Å². The van der Waals surface area contributed by atoms with Crippen LogP contribution in [0.15, 0.2) is 34.8 Å². The molecule has 0 radical (unpaired) electrons. The average Bonchev–Trinajstić information content (AvgIpc) is 2.41. The summed E-state index contributed by atoms with van der Waals surface area (Å²) in [5, 5.41) is 5.04. The highest BCUT2D eigenvalue weighted by atomic mass is 79.9. The molecule has 2 aromatic carbocycles. The summed E-state index contributed by atoms with van der Waals surface area (Å²) < 4.78 is 28.2. The lowest BCUT2D eigenvalue weighted by Crippen LogP contribution is -2.14. The van der Waals surface area contributed by atoms with Crippen LogP contribution in [0.5, 0.6) is 0 Å². The normalized spacial score (nSPS) is 10.3. The zero-order valence-corrected chi connectivity index (χ0v) is 13.0. The summed E-state index contributed by atoms with van der Waals surface area (Å²) in [4.78, 5) is 12.1. The first-order valence-electron chi connectivity index (χ1n) is 6.16. The van der Waals surface area contributed by atoms with Gasteiger partial charge in [-0.1, -0.05) is 15.9 Å². The Morgan fingerprint density at radius 3 is 2.29 bits per heavy atom. The first-order chi connectivity index (χ1) is 9.92. The number of halogens is 3. The summed E-state index contributed by atoms with van der Waals surface area (Å²) in [6, 6.07) is 7.32. The zero-order chi connectivity index (χ0) is 15.6. The third-order valence-electron chi connectivity index (χ3n) is 2.99. The minimum Gasteiger partial charge on any atom is -0.383 e. The van der Waals surface area contributed by atoms with E-state index in [9.17, 15) is 13.6 Å². The molecule has 3 nitrogen and oxygen atoms in total. The Hall–Kier alpha value is -1.95. The van der Waals surface area contributed by atoms with Crippen molar-refractivity contribution in [3.8, 4) is 0 Å². The van der Waals surface area contributed by atoms with Gasteiger partial charge < -0.3 is 10.6 Å². The summed E-state index contributed by atoms with van der Waals surface area (Å²) in [5.41, 5.74) is 1.09. The van der Waals surface area contributed by atoms with E-state index in [1.807, 2.05) is 13.0 Å². The van der Waals surface area contributed by atoms with Crippen molar-refractivity contribution in [3.63, 3.8) is 0 Å². The van der Waals surface area contributed by atoms with Gasteiger partial charge in [-0.2, -0.15) is 0 Å². The van der Waals surface area contributed by atoms with E-state index < -0.39 is 17.5 Å². The van der Waals surface area contributed by atoms with Gasteiger partial charge >= 0.3 is 0 Å². The van der Waals surface area contributed by atoms with Gasteiger partial charge in [-0.05, 0) is 42.8 Å². The summed E-state index contributed by atoms with van der Waals surface area (Å²) in [5.74, 6) is -2.19. The van der Waals surface area contributed by atoms with E-state index in [0.29, 0.717) is 5.69 Å². The lowest BCUT2D eigenvalue weighted by molar-refractivity contribution is 0.102. The highest BCUT2D eigenvalue weighted by molar-refractivity contribution is 9.10. The molecule has 0 fully saturated rings. The van der Waals surface area contributed by atoms with Gasteiger partial charge in [-0.3, -0.25) is 4.79 Å². The minimum absolute atomic E-state index is 0.0775. The fraction of sp³-hybridized carbons (Fsp3) is 0.133. The van der Waals surface area contributed by atoms with Crippen LogP contribution in [0, 0.1) is 18.6 Å². The van der Waals surface area contributed by atoms with Crippen molar-refractivity contribution in [2.24, 2.45) is 0 Å². The number of benzene rings is 2. The molecule has 0 aliphatic heterocycles. The van der Waals surface area contributed by atoms with E-state index in [1.54, 1.807) is 12.1 Å². The maximum absolute atomic E-state index is 13.7. The van der Waals surface area contributed by atoms with Crippen molar-refractivity contribution in [2.45, 2.75) is 6.92 Å². The van der Waals surface area contributed by atoms with Crippen LogP contribution < -0.4 is 10.6 Å². The summed E-state index contributed by atoms with van der Waals surface area (Å²) >= 11 is 3.32.